The van der Waals surface area contributed by atoms with E-state index >= 15 is 0 Å². The van der Waals surface area contributed by atoms with Gasteiger partial charge in [-0.3, -0.25) is 4.79 Å². The molecule has 2 aliphatic heterocycles. The van der Waals surface area contributed by atoms with Crippen LogP contribution in [0.2, 0.25) is 0 Å². The number of hydrogen-bond donors (Lipinski definition) is 1. The van der Waals surface area contributed by atoms with Gasteiger partial charge in [-0.2, -0.15) is 0 Å². The summed E-state index contributed by atoms with van der Waals surface area (Å²) in [5.41, 5.74) is 2.10. The lowest BCUT2D eigenvalue weighted by molar-refractivity contribution is 0.0867. The van der Waals surface area contributed by atoms with Crippen molar-refractivity contribution in [3.05, 3.63) is 90.0 Å². The molecule has 0 aromatic heterocycles. The molecule has 2 heterocycles. The normalized spacial score (nSPS) is 23.7. The van der Waals surface area contributed by atoms with Crippen LogP contribution in [0.5, 0.6) is 5.75 Å². The molecule has 3 fully saturated rings. The Balaban J connectivity index is 0.983. The highest BCUT2D eigenvalue weighted by atomic mass is 16.5. The maximum absolute atomic E-state index is 13.3. The van der Waals surface area contributed by atoms with E-state index in [1.165, 1.54) is 57.2 Å². The number of likely N-dealkylation sites (tertiary alicyclic amines) is 2. The average Bonchev–Trinajstić information content (AvgIpc) is 3.60. The molecule has 0 spiro atoms. The Morgan fingerprint density at radius 1 is 0.857 bits per heavy atom. The summed E-state index contributed by atoms with van der Waals surface area (Å²) in [5, 5.41) is 3.25. The second kappa shape index (κ2) is 14.5. The number of rotatable bonds is 10. The number of hydrogen-bond acceptors (Lipinski definition) is 4. The summed E-state index contributed by atoms with van der Waals surface area (Å²) in [5.74, 6) is 2.33. The molecule has 2 unspecified atom stereocenters. The van der Waals surface area contributed by atoms with Crippen LogP contribution in [0.4, 0.5) is 0 Å². The molecular weight excluding hydrogens is 518 g/mol. The maximum Gasteiger partial charge on any atom is 0.255 e. The molecule has 2 saturated heterocycles. The third-order valence-electron chi connectivity index (χ3n) is 10.2. The lowest BCUT2D eigenvalue weighted by atomic mass is 9.81. The van der Waals surface area contributed by atoms with Crippen molar-refractivity contribution < 1.29 is 9.53 Å². The number of para-hydroxylation sites is 1. The predicted octanol–water partition coefficient (Wildman–Crippen LogP) is 6.83. The van der Waals surface area contributed by atoms with Crippen LogP contribution < -0.4 is 10.1 Å². The number of nitrogens with one attached hydrogen (secondary N) is 1. The van der Waals surface area contributed by atoms with Gasteiger partial charge in [-0.25, -0.2) is 0 Å². The average molecular weight is 568 g/mol. The van der Waals surface area contributed by atoms with Gasteiger partial charge in [0.1, 0.15) is 11.9 Å². The van der Waals surface area contributed by atoms with Crippen molar-refractivity contribution in [1.29, 1.82) is 0 Å². The highest BCUT2D eigenvalue weighted by Gasteiger charge is 2.29. The number of nitrogens with zero attached hydrogens (tertiary/aromatic N) is 2. The molecule has 2 atom stereocenters. The van der Waals surface area contributed by atoms with Gasteiger partial charge in [0.05, 0.1) is 5.56 Å². The van der Waals surface area contributed by atoms with Gasteiger partial charge < -0.3 is 19.9 Å². The van der Waals surface area contributed by atoms with Crippen LogP contribution >= 0.6 is 0 Å². The molecule has 4 aliphatic rings. The minimum absolute atomic E-state index is 0.00143. The number of piperidine rings is 2. The summed E-state index contributed by atoms with van der Waals surface area (Å²) < 4.78 is 6.51. The quantitative estimate of drug-likeness (QED) is 0.342. The Morgan fingerprint density at radius 2 is 1.60 bits per heavy atom. The van der Waals surface area contributed by atoms with Gasteiger partial charge in [-0.1, -0.05) is 79.6 Å². The van der Waals surface area contributed by atoms with Gasteiger partial charge in [-0.05, 0) is 87.6 Å². The smallest absolute Gasteiger partial charge is 0.255 e. The molecule has 224 valence electrons. The first-order valence-corrected chi connectivity index (χ1v) is 16.6. The highest BCUT2D eigenvalue weighted by molar-refractivity contribution is 5.96. The Labute approximate surface area is 253 Å². The van der Waals surface area contributed by atoms with Crippen molar-refractivity contribution >= 4 is 5.91 Å². The van der Waals surface area contributed by atoms with Gasteiger partial charge in [0.15, 0.2) is 0 Å². The Morgan fingerprint density at radius 3 is 2.33 bits per heavy atom. The van der Waals surface area contributed by atoms with E-state index in [2.05, 4.69) is 69.8 Å². The molecule has 1 amide bonds. The van der Waals surface area contributed by atoms with E-state index in [0.29, 0.717) is 23.3 Å². The fourth-order valence-electron chi connectivity index (χ4n) is 7.63. The van der Waals surface area contributed by atoms with E-state index in [0.717, 1.165) is 57.2 Å². The third-order valence-corrected chi connectivity index (χ3v) is 10.2. The van der Waals surface area contributed by atoms with Crippen LogP contribution in [0.1, 0.15) is 79.6 Å². The number of allylic oxidation sites excluding steroid dienone is 4. The maximum atomic E-state index is 13.3. The van der Waals surface area contributed by atoms with Crippen molar-refractivity contribution in [3.8, 4) is 5.75 Å². The SMILES string of the molecule is O=C(NCC1CCN(C2CCCC2)CC1)c1ccccc1OC1CCN(CC(c2ccccc2)C2C=CC=CC2)CC1. The fraction of sp³-hybridized carbons (Fsp3) is 0.541. The van der Waals surface area contributed by atoms with E-state index in [-0.39, 0.29) is 12.0 Å². The third kappa shape index (κ3) is 7.54. The summed E-state index contributed by atoms with van der Waals surface area (Å²) in [6, 6.07) is 19.6. The van der Waals surface area contributed by atoms with Gasteiger partial charge in [0, 0.05) is 38.1 Å². The number of carbonyl (C=O) groups is 1. The molecule has 1 N–H and O–H groups in total. The largest absolute Gasteiger partial charge is 0.489 e. The van der Waals surface area contributed by atoms with Crippen molar-refractivity contribution in [3.63, 3.8) is 0 Å². The standard InChI is InChI=1S/C37H49N3O2/c41-37(38-27-29-19-25-40(26-20-29)32-15-7-8-16-32)34-17-9-10-18-36(34)42-33-21-23-39(24-22-33)28-35(30-11-3-1-4-12-30)31-13-5-2-6-14-31/h1-6,9-13,17-18,29,31-33,35H,7-8,14-16,19-28H2,(H,38,41). The summed E-state index contributed by atoms with van der Waals surface area (Å²) in [6.45, 7) is 6.24. The van der Waals surface area contributed by atoms with E-state index < -0.39 is 0 Å². The van der Waals surface area contributed by atoms with Crippen LogP contribution in [0.3, 0.4) is 0 Å². The Kier molecular flexibility index (Phi) is 10.1. The molecule has 42 heavy (non-hydrogen) atoms. The zero-order chi connectivity index (χ0) is 28.6. The highest BCUT2D eigenvalue weighted by Crippen LogP contribution is 2.33. The minimum Gasteiger partial charge on any atom is -0.489 e. The molecule has 5 heteroatoms. The molecule has 0 radical (unpaired) electrons. The van der Waals surface area contributed by atoms with Gasteiger partial charge in [0.25, 0.3) is 5.91 Å². The first-order chi connectivity index (χ1) is 20.7. The van der Waals surface area contributed by atoms with Gasteiger partial charge >= 0.3 is 0 Å². The number of carbonyl (C=O) groups excluding carboxylic acids is 1. The van der Waals surface area contributed by atoms with Crippen molar-refractivity contribution in [2.75, 3.05) is 39.3 Å². The van der Waals surface area contributed by atoms with Gasteiger partial charge in [0.2, 0.25) is 0 Å². The zero-order valence-corrected chi connectivity index (χ0v) is 25.2. The first-order valence-electron chi connectivity index (χ1n) is 16.6. The molecule has 5 nitrogen and oxygen atoms in total. The Hall–Kier alpha value is -2.89. The zero-order valence-electron chi connectivity index (χ0n) is 25.2. The number of benzene rings is 2. The van der Waals surface area contributed by atoms with E-state index in [9.17, 15) is 4.79 Å². The summed E-state index contributed by atoms with van der Waals surface area (Å²) in [7, 11) is 0. The summed E-state index contributed by atoms with van der Waals surface area (Å²) in [4.78, 5) is 18.6. The van der Waals surface area contributed by atoms with E-state index in [1.54, 1.807) is 0 Å². The molecule has 1 saturated carbocycles. The molecular formula is C37H49N3O2. The van der Waals surface area contributed by atoms with Crippen LogP contribution in [-0.2, 0) is 0 Å². The van der Waals surface area contributed by atoms with E-state index in [1.807, 2.05) is 24.3 Å². The second-order valence-corrected chi connectivity index (χ2v) is 13.0. The topological polar surface area (TPSA) is 44.8 Å². The molecule has 6 rings (SSSR count). The van der Waals surface area contributed by atoms with Crippen molar-refractivity contribution in [1.82, 2.24) is 15.1 Å². The van der Waals surface area contributed by atoms with Gasteiger partial charge in [-0.15, -0.1) is 0 Å². The van der Waals surface area contributed by atoms with Crippen LogP contribution in [-0.4, -0.2) is 67.1 Å². The molecule has 0 bridgehead atoms. The van der Waals surface area contributed by atoms with Crippen molar-refractivity contribution in [2.45, 2.75) is 75.9 Å². The Bertz CT molecular complexity index is 1190. The molecule has 2 aliphatic carbocycles. The predicted molar refractivity (Wildman–Crippen MR) is 171 cm³/mol. The molecule has 2 aromatic rings. The van der Waals surface area contributed by atoms with E-state index in [4.69, 9.17) is 4.74 Å². The molecule has 2 aromatic carbocycles. The second-order valence-electron chi connectivity index (χ2n) is 13.0. The fourth-order valence-corrected chi connectivity index (χ4v) is 7.63. The summed E-state index contributed by atoms with van der Waals surface area (Å²) in [6.07, 6.45) is 20.2. The first kappa shape index (κ1) is 29.2. The lowest BCUT2D eigenvalue weighted by Crippen LogP contribution is -2.42. The van der Waals surface area contributed by atoms with Crippen LogP contribution in [0, 0.1) is 11.8 Å². The van der Waals surface area contributed by atoms with Crippen molar-refractivity contribution in [2.24, 2.45) is 11.8 Å². The number of amides is 1. The monoisotopic (exact) mass is 567 g/mol. The lowest BCUT2D eigenvalue weighted by Gasteiger charge is -2.36. The summed E-state index contributed by atoms with van der Waals surface area (Å²) >= 11 is 0. The van der Waals surface area contributed by atoms with Crippen LogP contribution in [0.25, 0.3) is 0 Å². The minimum atomic E-state index is 0.00143. The van der Waals surface area contributed by atoms with Crippen LogP contribution in [0.15, 0.2) is 78.9 Å². The number of ether oxygens (including phenoxy) is 1.